The van der Waals surface area contributed by atoms with E-state index >= 15 is 0 Å². The lowest BCUT2D eigenvalue weighted by atomic mass is 10.4. The minimum atomic E-state index is -1.33. The third kappa shape index (κ3) is 6.25. The van der Waals surface area contributed by atoms with E-state index in [9.17, 15) is 14.4 Å². The van der Waals surface area contributed by atoms with Gasteiger partial charge in [0, 0.05) is 12.2 Å². The van der Waals surface area contributed by atoms with Crippen LogP contribution in [0.4, 0.5) is 4.79 Å². The monoisotopic (exact) mass is 236 g/mol. The molecule has 0 aliphatic rings. The van der Waals surface area contributed by atoms with Gasteiger partial charge in [0.25, 0.3) is 5.91 Å². The summed E-state index contributed by atoms with van der Waals surface area (Å²) in [6, 6.07) is 2.36. The van der Waals surface area contributed by atoms with E-state index in [0.717, 1.165) is 4.90 Å². The van der Waals surface area contributed by atoms with E-state index in [2.05, 4.69) is 0 Å². The zero-order valence-corrected chi connectivity index (χ0v) is 8.58. The molecule has 0 spiro atoms. The Labute approximate surface area is 96.3 Å². The normalized spacial score (nSPS) is 9.06. The summed E-state index contributed by atoms with van der Waals surface area (Å²) >= 11 is 0. The average molecular weight is 236 g/mol. The Morgan fingerprint density at radius 3 is 2.12 bits per heavy atom. The minimum absolute atomic E-state index is 0.352. The van der Waals surface area contributed by atoms with Gasteiger partial charge in [-0.25, -0.2) is 9.59 Å². The predicted molar refractivity (Wildman–Crippen MR) is 53.1 cm³/mol. The maximum absolute atomic E-state index is 11.3. The second-order valence-corrected chi connectivity index (χ2v) is 2.64. The van der Waals surface area contributed by atoms with Gasteiger partial charge < -0.3 is 5.11 Å². The number of hydrogen-bond acceptors (Lipinski definition) is 5. The number of amides is 3. The van der Waals surface area contributed by atoms with Crippen molar-refractivity contribution in [2.75, 3.05) is 13.1 Å². The SMILES string of the molecule is N#CCN(CC#N)C(=O)NC(=O)/C=C/C(=O)O. The molecule has 0 aliphatic carbocycles. The maximum atomic E-state index is 11.3. The fourth-order valence-electron chi connectivity index (χ4n) is 0.743. The molecule has 8 heteroatoms. The highest BCUT2D eigenvalue weighted by Gasteiger charge is 2.14. The van der Waals surface area contributed by atoms with Gasteiger partial charge >= 0.3 is 12.0 Å². The van der Waals surface area contributed by atoms with Gasteiger partial charge in [0.2, 0.25) is 0 Å². The molecule has 0 aromatic rings. The Hall–Kier alpha value is -2.87. The number of carbonyl (C=O) groups is 3. The first-order chi connectivity index (χ1) is 8.01. The topological polar surface area (TPSA) is 134 Å². The van der Waals surface area contributed by atoms with Crippen molar-refractivity contribution in [3.05, 3.63) is 12.2 Å². The van der Waals surface area contributed by atoms with E-state index in [4.69, 9.17) is 15.6 Å². The van der Waals surface area contributed by atoms with Gasteiger partial charge in [0.15, 0.2) is 0 Å². The summed E-state index contributed by atoms with van der Waals surface area (Å²) in [5, 5.41) is 26.8. The minimum Gasteiger partial charge on any atom is -0.478 e. The first-order valence-corrected chi connectivity index (χ1v) is 4.26. The van der Waals surface area contributed by atoms with Gasteiger partial charge in [-0.05, 0) is 0 Å². The highest BCUT2D eigenvalue weighted by molar-refractivity contribution is 6.02. The molecular weight excluding hydrogens is 228 g/mol. The van der Waals surface area contributed by atoms with Crippen LogP contribution in [-0.2, 0) is 9.59 Å². The number of hydrogen-bond donors (Lipinski definition) is 2. The Morgan fingerprint density at radius 2 is 1.71 bits per heavy atom. The number of aliphatic carboxylic acids is 1. The smallest absolute Gasteiger partial charge is 0.328 e. The summed E-state index contributed by atoms with van der Waals surface area (Å²) in [5.74, 6) is -2.28. The maximum Gasteiger partial charge on any atom is 0.328 e. The van der Waals surface area contributed by atoms with Crippen molar-refractivity contribution >= 4 is 17.9 Å². The first kappa shape index (κ1) is 14.1. The fraction of sp³-hybridized carbons (Fsp3) is 0.222. The first-order valence-electron chi connectivity index (χ1n) is 4.26. The summed E-state index contributed by atoms with van der Waals surface area (Å²) in [4.78, 5) is 33.2. The third-order valence-corrected chi connectivity index (χ3v) is 1.42. The van der Waals surface area contributed by atoms with Crippen LogP contribution < -0.4 is 5.32 Å². The molecule has 0 saturated carbocycles. The average Bonchev–Trinajstić information content (AvgIpc) is 2.26. The number of carbonyl (C=O) groups excluding carboxylic acids is 2. The van der Waals surface area contributed by atoms with Crippen molar-refractivity contribution < 1.29 is 19.5 Å². The lowest BCUT2D eigenvalue weighted by molar-refractivity contribution is -0.131. The molecule has 0 radical (unpaired) electrons. The van der Waals surface area contributed by atoms with Gasteiger partial charge in [-0.15, -0.1) is 0 Å². The molecule has 0 unspecified atom stereocenters. The highest BCUT2D eigenvalue weighted by atomic mass is 16.4. The Bertz CT molecular complexity index is 413. The number of urea groups is 1. The number of nitrogens with one attached hydrogen (secondary N) is 1. The number of nitrogens with zero attached hydrogens (tertiary/aromatic N) is 3. The second kappa shape index (κ2) is 7.43. The van der Waals surface area contributed by atoms with Gasteiger partial charge in [0.05, 0.1) is 12.1 Å². The van der Waals surface area contributed by atoms with Crippen LogP contribution in [0.3, 0.4) is 0 Å². The van der Waals surface area contributed by atoms with E-state index in [0.29, 0.717) is 12.2 Å². The molecule has 8 nitrogen and oxygen atoms in total. The van der Waals surface area contributed by atoms with E-state index in [-0.39, 0.29) is 13.1 Å². The van der Waals surface area contributed by atoms with Crippen LogP contribution in [0.15, 0.2) is 12.2 Å². The Balaban J connectivity index is 4.42. The van der Waals surface area contributed by atoms with Crippen LogP contribution in [0.25, 0.3) is 0 Å². The molecule has 0 saturated heterocycles. The lowest BCUT2D eigenvalue weighted by Crippen LogP contribution is -2.42. The second-order valence-electron chi connectivity index (χ2n) is 2.64. The third-order valence-electron chi connectivity index (χ3n) is 1.42. The van der Waals surface area contributed by atoms with Crippen molar-refractivity contribution in [1.29, 1.82) is 10.5 Å². The molecule has 17 heavy (non-hydrogen) atoms. The summed E-state index contributed by atoms with van der Waals surface area (Å²) in [6.45, 7) is -0.704. The Morgan fingerprint density at radius 1 is 1.18 bits per heavy atom. The van der Waals surface area contributed by atoms with Crippen molar-refractivity contribution in [3.63, 3.8) is 0 Å². The van der Waals surface area contributed by atoms with Gasteiger partial charge in [0.1, 0.15) is 13.1 Å². The van der Waals surface area contributed by atoms with Gasteiger partial charge in [-0.1, -0.05) is 0 Å². The van der Waals surface area contributed by atoms with Gasteiger partial charge in [-0.2, -0.15) is 10.5 Å². The fourth-order valence-corrected chi connectivity index (χ4v) is 0.743. The van der Waals surface area contributed by atoms with E-state index in [1.807, 2.05) is 0 Å². The van der Waals surface area contributed by atoms with Crippen LogP contribution >= 0.6 is 0 Å². The lowest BCUT2D eigenvalue weighted by Gasteiger charge is -2.14. The van der Waals surface area contributed by atoms with Crippen molar-refractivity contribution in [1.82, 2.24) is 10.2 Å². The number of nitriles is 2. The molecule has 3 amide bonds. The van der Waals surface area contributed by atoms with E-state index in [1.165, 1.54) is 0 Å². The molecule has 0 aromatic carbocycles. The summed E-state index contributed by atoms with van der Waals surface area (Å²) in [7, 11) is 0. The molecule has 2 N–H and O–H groups in total. The molecule has 0 rings (SSSR count). The number of carboxylic acids is 1. The van der Waals surface area contributed by atoms with E-state index < -0.39 is 17.9 Å². The van der Waals surface area contributed by atoms with Crippen molar-refractivity contribution in [3.8, 4) is 12.1 Å². The molecule has 0 atom stereocenters. The highest BCUT2D eigenvalue weighted by Crippen LogP contribution is 1.88. The number of carboxylic acid groups (broad SMARTS) is 1. The zero-order chi connectivity index (χ0) is 13.3. The quantitative estimate of drug-likeness (QED) is 0.485. The summed E-state index contributed by atoms with van der Waals surface area (Å²) in [6.07, 6.45) is 1.21. The van der Waals surface area contributed by atoms with Crippen LogP contribution in [0, 0.1) is 22.7 Å². The van der Waals surface area contributed by atoms with Crippen molar-refractivity contribution in [2.45, 2.75) is 0 Å². The van der Waals surface area contributed by atoms with Crippen LogP contribution in [0.2, 0.25) is 0 Å². The molecule has 0 aromatic heterocycles. The molecule has 0 fully saturated rings. The molecule has 88 valence electrons. The predicted octanol–water partition coefficient (Wildman–Crippen LogP) is -0.787. The van der Waals surface area contributed by atoms with Crippen LogP contribution in [0.1, 0.15) is 0 Å². The van der Waals surface area contributed by atoms with Crippen LogP contribution in [0.5, 0.6) is 0 Å². The van der Waals surface area contributed by atoms with Crippen LogP contribution in [-0.4, -0.2) is 41.0 Å². The largest absolute Gasteiger partial charge is 0.478 e. The molecular formula is C9H8N4O4. The summed E-state index contributed by atoms with van der Waals surface area (Å²) in [5.41, 5.74) is 0. The standard InChI is InChI=1S/C9H8N4O4/c10-3-5-13(6-4-11)9(17)12-7(14)1-2-8(15)16/h1-2H,5-6H2,(H,15,16)(H,12,14,17)/b2-1+. The number of rotatable bonds is 4. The molecule has 0 bridgehead atoms. The van der Waals surface area contributed by atoms with Gasteiger partial charge in [-0.3, -0.25) is 15.0 Å². The summed E-state index contributed by atoms with van der Waals surface area (Å²) < 4.78 is 0. The zero-order valence-electron chi connectivity index (χ0n) is 8.58. The molecule has 0 heterocycles. The van der Waals surface area contributed by atoms with E-state index in [1.54, 1.807) is 17.5 Å². The molecule has 0 aliphatic heterocycles. The van der Waals surface area contributed by atoms with Crippen molar-refractivity contribution in [2.24, 2.45) is 0 Å². The number of imide groups is 1. The Kier molecular flexibility index (Phi) is 6.17.